The highest BCUT2D eigenvalue weighted by molar-refractivity contribution is 7.93. The Morgan fingerprint density at radius 3 is 2.09 bits per heavy atom. The Bertz CT molecular complexity index is 1210. The summed E-state index contributed by atoms with van der Waals surface area (Å²) in [5.41, 5.74) is 7.32. The minimum Gasteiger partial charge on any atom is -0.495 e. The van der Waals surface area contributed by atoms with Gasteiger partial charge in [0, 0.05) is 11.6 Å². The number of amides is 1. The summed E-state index contributed by atoms with van der Waals surface area (Å²) < 4.78 is 42.6. The van der Waals surface area contributed by atoms with Crippen molar-refractivity contribution in [3.63, 3.8) is 0 Å². The first-order chi connectivity index (χ1) is 15.3. The molecule has 9 heteroatoms. The average Bonchev–Trinajstić information content (AvgIpc) is 2.81. The van der Waals surface area contributed by atoms with Crippen molar-refractivity contribution < 1.29 is 27.4 Å². The van der Waals surface area contributed by atoms with Gasteiger partial charge in [-0.3, -0.25) is 4.79 Å². The summed E-state index contributed by atoms with van der Waals surface area (Å²) in [5.74, 6) is -0.144. The van der Waals surface area contributed by atoms with Crippen LogP contribution in [-0.2, 0) is 14.6 Å². The molecule has 0 spiro atoms. The number of ether oxygens (including phenoxy) is 3. The Balaban J connectivity index is 2.11. The fourth-order valence-corrected chi connectivity index (χ4v) is 4.65. The van der Waals surface area contributed by atoms with E-state index in [4.69, 9.17) is 19.9 Å². The van der Waals surface area contributed by atoms with E-state index in [0.717, 1.165) is 5.56 Å². The maximum Gasteiger partial charge on any atom is 0.256 e. The Morgan fingerprint density at radius 1 is 0.844 bits per heavy atom. The SMILES string of the molecule is COc1ccc(S(=O)(=O)C(Nc2c(OC)cccc2-c2ccccc2)C(N)=O)cc1OC. The molecule has 1 unspecified atom stereocenters. The molecule has 0 bridgehead atoms. The first kappa shape index (κ1) is 23.0. The summed E-state index contributed by atoms with van der Waals surface area (Å²) in [5, 5.41) is 1.05. The predicted molar refractivity (Wildman–Crippen MR) is 122 cm³/mol. The van der Waals surface area contributed by atoms with E-state index in [1.54, 1.807) is 18.2 Å². The van der Waals surface area contributed by atoms with Gasteiger partial charge in [0.2, 0.25) is 15.2 Å². The lowest BCUT2D eigenvalue weighted by Crippen LogP contribution is -2.42. The molecule has 0 aromatic heterocycles. The number of hydrogen-bond donors (Lipinski definition) is 2. The molecule has 0 aliphatic heterocycles. The molecule has 168 valence electrons. The quantitative estimate of drug-likeness (QED) is 0.508. The summed E-state index contributed by atoms with van der Waals surface area (Å²) in [7, 11) is 0.0240. The zero-order chi connectivity index (χ0) is 23.3. The number of carbonyl (C=O) groups is 1. The van der Waals surface area contributed by atoms with E-state index in [0.29, 0.717) is 22.7 Å². The molecule has 3 rings (SSSR count). The first-order valence-corrected chi connectivity index (χ1v) is 11.1. The van der Waals surface area contributed by atoms with E-state index >= 15 is 0 Å². The van der Waals surface area contributed by atoms with Crippen LogP contribution in [0.4, 0.5) is 5.69 Å². The molecule has 3 N–H and O–H groups in total. The summed E-state index contributed by atoms with van der Waals surface area (Å²) in [4.78, 5) is 12.2. The van der Waals surface area contributed by atoms with Gasteiger partial charge >= 0.3 is 0 Å². The lowest BCUT2D eigenvalue weighted by molar-refractivity contribution is -0.117. The number of nitrogens with two attached hydrogens (primary N) is 1. The minimum absolute atomic E-state index is 0.150. The number of sulfone groups is 1. The number of benzene rings is 3. The molecule has 3 aromatic carbocycles. The van der Waals surface area contributed by atoms with Gasteiger partial charge < -0.3 is 25.3 Å². The van der Waals surface area contributed by atoms with E-state index in [2.05, 4.69) is 5.32 Å². The van der Waals surface area contributed by atoms with Gasteiger partial charge in [-0.2, -0.15) is 0 Å². The predicted octanol–water partition coefficient (Wildman–Crippen LogP) is 3.08. The highest BCUT2D eigenvalue weighted by atomic mass is 32.2. The summed E-state index contributed by atoms with van der Waals surface area (Å²) >= 11 is 0. The third kappa shape index (κ3) is 4.47. The summed E-state index contributed by atoms with van der Waals surface area (Å²) in [6, 6.07) is 18.6. The van der Waals surface area contributed by atoms with Crippen LogP contribution in [0.2, 0.25) is 0 Å². The second-order valence-corrected chi connectivity index (χ2v) is 8.77. The zero-order valence-corrected chi connectivity index (χ0v) is 18.7. The van der Waals surface area contributed by atoms with Crippen LogP contribution in [0.25, 0.3) is 11.1 Å². The van der Waals surface area contributed by atoms with Gasteiger partial charge in [0.15, 0.2) is 11.5 Å². The lowest BCUT2D eigenvalue weighted by atomic mass is 10.0. The Hall–Kier alpha value is -3.72. The fourth-order valence-electron chi connectivity index (χ4n) is 3.27. The maximum atomic E-state index is 13.4. The summed E-state index contributed by atoms with van der Waals surface area (Å²) in [6.07, 6.45) is 0. The minimum atomic E-state index is -4.26. The van der Waals surface area contributed by atoms with Crippen molar-refractivity contribution in [1.29, 1.82) is 0 Å². The molecular weight excluding hydrogens is 432 g/mol. The molecule has 0 radical (unpaired) electrons. The number of anilines is 1. The summed E-state index contributed by atoms with van der Waals surface area (Å²) in [6.45, 7) is 0. The third-order valence-corrected chi connectivity index (χ3v) is 6.74. The number of hydrogen-bond acceptors (Lipinski definition) is 7. The molecular formula is C23H24N2O6S. The van der Waals surface area contributed by atoms with Crippen LogP contribution in [0.15, 0.2) is 71.6 Å². The van der Waals surface area contributed by atoms with Crippen molar-refractivity contribution in [2.24, 2.45) is 5.73 Å². The van der Waals surface area contributed by atoms with Gasteiger partial charge in [-0.05, 0) is 23.8 Å². The molecule has 0 heterocycles. The highest BCUT2D eigenvalue weighted by Crippen LogP contribution is 2.37. The lowest BCUT2D eigenvalue weighted by Gasteiger charge is -2.22. The molecule has 32 heavy (non-hydrogen) atoms. The number of methoxy groups -OCH3 is 3. The fraction of sp³-hybridized carbons (Fsp3) is 0.174. The number of carbonyl (C=O) groups excluding carboxylic acids is 1. The monoisotopic (exact) mass is 456 g/mol. The van der Waals surface area contributed by atoms with Gasteiger partial charge in [0.05, 0.1) is 31.9 Å². The molecule has 0 aliphatic carbocycles. The average molecular weight is 457 g/mol. The number of primary amides is 1. The van der Waals surface area contributed by atoms with Crippen LogP contribution >= 0.6 is 0 Å². The van der Waals surface area contributed by atoms with Gasteiger partial charge in [-0.25, -0.2) is 8.42 Å². The van der Waals surface area contributed by atoms with Crippen molar-refractivity contribution in [3.05, 3.63) is 66.7 Å². The van der Waals surface area contributed by atoms with Gasteiger partial charge in [0.25, 0.3) is 5.91 Å². The van der Waals surface area contributed by atoms with Crippen molar-refractivity contribution >= 4 is 21.4 Å². The van der Waals surface area contributed by atoms with Crippen molar-refractivity contribution in [3.8, 4) is 28.4 Å². The van der Waals surface area contributed by atoms with Crippen molar-refractivity contribution in [2.75, 3.05) is 26.6 Å². The molecule has 0 saturated heterocycles. The number of para-hydroxylation sites is 1. The largest absolute Gasteiger partial charge is 0.495 e. The van der Waals surface area contributed by atoms with E-state index in [9.17, 15) is 13.2 Å². The topological polar surface area (TPSA) is 117 Å². The Kier molecular flexibility index (Phi) is 6.89. The van der Waals surface area contributed by atoms with E-state index in [-0.39, 0.29) is 10.6 Å². The van der Waals surface area contributed by atoms with Crippen molar-refractivity contribution in [1.82, 2.24) is 0 Å². The molecule has 0 aliphatic rings. The second-order valence-electron chi connectivity index (χ2n) is 6.74. The van der Waals surface area contributed by atoms with Crippen LogP contribution in [0.5, 0.6) is 17.2 Å². The van der Waals surface area contributed by atoms with E-state index < -0.39 is 21.1 Å². The standard InChI is InChI=1S/C23H24N2O6S/c1-29-18-13-12-16(14-20(18)31-3)32(27,28)23(22(24)26)25-21-17(10-7-11-19(21)30-2)15-8-5-4-6-9-15/h4-14,23,25H,1-3H3,(H2,24,26). The van der Waals surface area contributed by atoms with Crippen molar-refractivity contribution in [2.45, 2.75) is 10.3 Å². The Labute approximate surface area is 186 Å². The van der Waals surface area contributed by atoms with Crippen LogP contribution in [0.1, 0.15) is 0 Å². The van der Waals surface area contributed by atoms with Crippen LogP contribution < -0.4 is 25.3 Å². The van der Waals surface area contributed by atoms with Crippen LogP contribution in [0, 0.1) is 0 Å². The van der Waals surface area contributed by atoms with E-state index in [1.165, 1.54) is 39.5 Å². The maximum absolute atomic E-state index is 13.4. The van der Waals surface area contributed by atoms with Crippen LogP contribution in [-0.4, -0.2) is 41.0 Å². The van der Waals surface area contributed by atoms with Gasteiger partial charge in [-0.1, -0.05) is 42.5 Å². The molecule has 0 saturated carbocycles. The molecule has 3 aromatic rings. The second kappa shape index (κ2) is 9.61. The first-order valence-electron chi connectivity index (χ1n) is 9.57. The molecule has 1 atom stereocenters. The number of rotatable bonds is 9. The normalized spacial score (nSPS) is 12.0. The number of nitrogens with one attached hydrogen (secondary N) is 1. The molecule has 0 fully saturated rings. The van der Waals surface area contributed by atoms with E-state index in [1.807, 2.05) is 30.3 Å². The van der Waals surface area contributed by atoms with Gasteiger partial charge in [-0.15, -0.1) is 0 Å². The molecule has 1 amide bonds. The third-order valence-electron chi connectivity index (χ3n) is 4.86. The Morgan fingerprint density at radius 2 is 1.50 bits per heavy atom. The van der Waals surface area contributed by atoms with Gasteiger partial charge in [0.1, 0.15) is 5.75 Å². The highest BCUT2D eigenvalue weighted by Gasteiger charge is 2.34. The smallest absolute Gasteiger partial charge is 0.256 e. The van der Waals surface area contributed by atoms with Crippen LogP contribution in [0.3, 0.4) is 0 Å². The molecule has 8 nitrogen and oxygen atoms in total. The zero-order valence-electron chi connectivity index (χ0n) is 17.9.